The lowest BCUT2D eigenvalue weighted by Gasteiger charge is -2.03. The molecule has 0 fully saturated rings. The summed E-state index contributed by atoms with van der Waals surface area (Å²) in [6.07, 6.45) is 1.84. The Kier molecular flexibility index (Phi) is 2.13. The normalized spacial score (nSPS) is 10.2. The third kappa shape index (κ3) is 1.47. The van der Waals surface area contributed by atoms with Gasteiger partial charge in [-0.15, -0.1) is 0 Å². The van der Waals surface area contributed by atoms with Gasteiger partial charge in [0.2, 0.25) is 0 Å². The highest BCUT2D eigenvalue weighted by atomic mass is 15.3. The van der Waals surface area contributed by atoms with Crippen LogP contribution in [0.5, 0.6) is 0 Å². The van der Waals surface area contributed by atoms with Crippen molar-refractivity contribution in [3.05, 3.63) is 42.6 Å². The van der Waals surface area contributed by atoms with E-state index in [9.17, 15) is 0 Å². The molecule has 0 aliphatic carbocycles. The van der Waals surface area contributed by atoms with Gasteiger partial charge >= 0.3 is 0 Å². The zero-order chi connectivity index (χ0) is 9.10. The molecular weight excluding hydrogens is 160 g/mol. The quantitative estimate of drug-likeness (QED) is 0.680. The third-order valence-electron chi connectivity index (χ3n) is 2.09. The van der Waals surface area contributed by atoms with Crippen molar-refractivity contribution in [2.45, 2.75) is 13.5 Å². The fourth-order valence-corrected chi connectivity index (χ4v) is 1.44. The molecule has 2 rings (SSSR count). The topological polar surface area (TPSA) is 17.8 Å². The van der Waals surface area contributed by atoms with Crippen molar-refractivity contribution >= 4 is 0 Å². The van der Waals surface area contributed by atoms with Crippen molar-refractivity contribution in [2.24, 2.45) is 0 Å². The van der Waals surface area contributed by atoms with Gasteiger partial charge in [-0.2, -0.15) is 5.10 Å². The first-order valence-corrected chi connectivity index (χ1v) is 4.49. The SMILES string of the molecule is CCn1nccc1-c1ccccc1. The minimum absolute atomic E-state index is 0.914. The lowest BCUT2D eigenvalue weighted by atomic mass is 10.1. The van der Waals surface area contributed by atoms with Gasteiger partial charge in [0, 0.05) is 12.7 Å². The summed E-state index contributed by atoms with van der Waals surface area (Å²) >= 11 is 0. The Hall–Kier alpha value is -1.57. The first-order valence-electron chi connectivity index (χ1n) is 4.49. The third-order valence-corrected chi connectivity index (χ3v) is 2.09. The molecule has 1 heterocycles. The summed E-state index contributed by atoms with van der Waals surface area (Å²) in [5.41, 5.74) is 2.41. The Morgan fingerprint density at radius 2 is 1.92 bits per heavy atom. The van der Waals surface area contributed by atoms with Gasteiger partial charge in [0.15, 0.2) is 0 Å². The minimum atomic E-state index is 0.914. The highest BCUT2D eigenvalue weighted by Crippen LogP contribution is 2.17. The van der Waals surface area contributed by atoms with Crippen LogP contribution in [-0.2, 0) is 6.54 Å². The van der Waals surface area contributed by atoms with Gasteiger partial charge in [-0.1, -0.05) is 30.3 Å². The molecule has 0 saturated carbocycles. The van der Waals surface area contributed by atoms with E-state index in [4.69, 9.17) is 0 Å². The lowest BCUT2D eigenvalue weighted by molar-refractivity contribution is 0.667. The Labute approximate surface area is 77.8 Å². The molecule has 1 aromatic heterocycles. The molecule has 0 saturated heterocycles. The maximum absolute atomic E-state index is 4.23. The van der Waals surface area contributed by atoms with E-state index < -0.39 is 0 Å². The molecule has 2 heteroatoms. The van der Waals surface area contributed by atoms with Crippen molar-refractivity contribution in [3.8, 4) is 11.3 Å². The monoisotopic (exact) mass is 172 g/mol. The molecule has 2 nitrogen and oxygen atoms in total. The second-order valence-electron chi connectivity index (χ2n) is 2.90. The first-order chi connectivity index (χ1) is 6.42. The fraction of sp³-hybridized carbons (Fsp3) is 0.182. The van der Waals surface area contributed by atoms with Crippen LogP contribution in [0.4, 0.5) is 0 Å². The summed E-state index contributed by atoms with van der Waals surface area (Å²) in [5.74, 6) is 0. The van der Waals surface area contributed by atoms with E-state index in [1.54, 1.807) is 0 Å². The molecule has 13 heavy (non-hydrogen) atoms. The largest absolute Gasteiger partial charge is 0.265 e. The number of nitrogens with zero attached hydrogens (tertiary/aromatic N) is 2. The van der Waals surface area contributed by atoms with Crippen molar-refractivity contribution in [3.63, 3.8) is 0 Å². The summed E-state index contributed by atoms with van der Waals surface area (Å²) in [5, 5.41) is 4.23. The molecular formula is C11H12N2. The van der Waals surface area contributed by atoms with Gasteiger partial charge in [0.05, 0.1) is 5.69 Å². The van der Waals surface area contributed by atoms with E-state index in [2.05, 4.69) is 24.2 Å². The van der Waals surface area contributed by atoms with Gasteiger partial charge in [-0.3, -0.25) is 4.68 Å². The smallest absolute Gasteiger partial charge is 0.0682 e. The number of aromatic nitrogens is 2. The maximum atomic E-state index is 4.23. The molecule has 66 valence electrons. The van der Waals surface area contributed by atoms with E-state index in [-0.39, 0.29) is 0 Å². The van der Waals surface area contributed by atoms with E-state index >= 15 is 0 Å². The van der Waals surface area contributed by atoms with Gasteiger partial charge in [-0.05, 0) is 18.6 Å². The van der Waals surface area contributed by atoms with Gasteiger partial charge in [0.1, 0.15) is 0 Å². The summed E-state index contributed by atoms with van der Waals surface area (Å²) in [6.45, 7) is 3.01. The molecule has 2 aromatic rings. The zero-order valence-electron chi connectivity index (χ0n) is 7.64. The Balaban J connectivity index is 2.47. The van der Waals surface area contributed by atoms with Crippen LogP contribution >= 0.6 is 0 Å². The summed E-state index contributed by atoms with van der Waals surface area (Å²) in [4.78, 5) is 0. The molecule has 0 atom stereocenters. The Morgan fingerprint density at radius 3 is 2.62 bits per heavy atom. The first kappa shape index (κ1) is 8.05. The maximum Gasteiger partial charge on any atom is 0.0682 e. The van der Waals surface area contributed by atoms with Gasteiger partial charge in [-0.25, -0.2) is 0 Å². The molecule has 1 aromatic carbocycles. The van der Waals surface area contributed by atoms with Crippen LogP contribution in [-0.4, -0.2) is 9.78 Å². The van der Waals surface area contributed by atoms with Crippen molar-refractivity contribution in [1.82, 2.24) is 9.78 Å². The van der Waals surface area contributed by atoms with Crippen LogP contribution in [0.15, 0.2) is 42.6 Å². The lowest BCUT2D eigenvalue weighted by Crippen LogP contribution is -1.98. The van der Waals surface area contributed by atoms with Crippen molar-refractivity contribution in [1.29, 1.82) is 0 Å². The number of benzene rings is 1. The van der Waals surface area contributed by atoms with Gasteiger partial charge < -0.3 is 0 Å². The van der Waals surface area contributed by atoms with E-state index in [0.29, 0.717) is 0 Å². The second-order valence-corrected chi connectivity index (χ2v) is 2.90. The average Bonchev–Trinajstić information content (AvgIpc) is 2.67. The molecule has 0 bridgehead atoms. The Bertz CT molecular complexity index is 376. The minimum Gasteiger partial charge on any atom is -0.265 e. The van der Waals surface area contributed by atoms with Crippen LogP contribution in [0.1, 0.15) is 6.92 Å². The standard InChI is InChI=1S/C11H12N2/c1-2-13-11(8-9-12-13)10-6-4-3-5-7-10/h3-9H,2H2,1H3. The molecule has 0 spiro atoms. The zero-order valence-corrected chi connectivity index (χ0v) is 7.64. The second kappa shape index (κ2) is 3.44. The number of hydrogen-bond donors (Lipinski definition) is 0. The van der Waals surface area contributed by atoms with Crippen molar-refractivity contribution in [2.75, 3.05) is 0 Å². The highest BCUT2D eigenvalue weighted by molar-refractivity contribution is 5.58. The molecule has 0 aliphatic heterocycles. The predicted octanol–water partition coefficient (Wildman–Crippen LogP) is 2.57. The van der Waals surface area contributed by atoms with Crippen LogP contribution in [0.2, 0.25) is 0 Å². The molecule has 0 N–H and O–H groups in total. The van der Waals surface area contributed by atoms with E-state index in [1.807, 2.05) is 35.1 Å². The predicted molar refractivity (Wildman–Crippen MR) is 53.3 cm³/mol. The van der Waals surface area contributed by atoms with Crippen molar-refractivity contribution < 1.29 is 0 Å². The molecule has 0 radical (unpaired) electrons. The van der Waals surface area contributed by atoms with E-state index in [0.717, 1.165) is 6.54 Å². The van der Waals surface area contributed by atoms with Crippen LogP contribution < -0.4 is 0 Å². The number of aryl methyl sites for hydroxylation is 1. The fourth-order valence-electron chi connectivity index (χ4n) is 1.44. The average molecular weight is 172 g/mol. The van der Waals surface area contributed by atoms with Gasteiger partial charge in [0.25, 0.3) is 0 Å². The number of rotatable bonds is 2. The van der Waals surface area contributed by atoms with Crippen LogP contribution in [0.25, 0.3) is 11.3 Å². The van der Waals surface area contributed by atoms with Crippen LogP contribution in [0.3, 0.4) is 0 Å². The van der Waals surface area contributed by atoms with Crippen LogP contribution in [0, 0.1) is 0 Å². The molecule has 0 unspecified atom stereocenters. The Morgan fingerprint density at radius 1 is 1.15 bits per heavy atom. The van der Waals surface area contributed by atoms with E-state index in [1.165, 1.54) is 11.3 Å². The summed E-state index contributed by atoms with van der Waals surface area (Å²) in [6, 6.07) is 12.4. The molecule has 0 aliphatic rings. The molecule has 0 amide bonds. The number of hydrogen-bond acceptors (Lipinski definition) is 1. The summed E-state index contributed by atoms with van der Waals surface area (Å²) < 4.78 is 2.00. The summed E-state index contributed by atoms with van der Waals surface area (Å²) in [7, 11) is 0. The highest BCUT2D eigenvalue weighted by Gasteiger charge is 2.01.